The highest BCUT2D eigenvalue weighted by Crippen LogP contribution is 2.22. The second-order valence-electron chi connectivity index (χ2n) is 4.81. The van der Waals surface area contributed by atoms with Crippen molar-refractivity contribution in [3.05, 3.63) is 64.7 Å². The number of hydrogen-bond acceptors (Lipinski definition) is 3. The maximum Gasteiger partial charge on any atom is 0.343 e. The van der Waals surface area contributed by atoms with Gasteiger partial charge in [0.05, 0.1) is 11.1 Å². The molecule has 102 valence electrons. The van der Waals surface area contributed by atoms with E-state index in [9.17, 15) is 9.59 Å². The molecule has 2 rings (SSSR count). The molecule has 0 saturated carbocycles. The van der Waals surface area contributed by atoms with Crippen molar-refractivity contribution in [2.45, 2.75) is 20.8 Å². The second kappa shape index (κ2) is 5.70. The molecule has 0 radical (unpaired) electrons. The monoisotopic (exact) mass is 268 g/mol. The summed E-state index contributed by atoms with van der Waals surface area (Å²) in [6.07, 6.45) is 0. The third-order valence-electron chi connectivity index (χ3n) is 2.97. The molecule has 0 aliphatic heterocycles. The van der Waals surface area contributed by atoms with Gasteiger partial charge in [0.25, 0.3) is 0 Å². The van der Waals surface area contributed by atoms with Crippen molar-refractivity contribution >= 4 is 11.8 Å². The van der Waals surface area contributed by atoms with Crippen molar-refractivity contribution in [1.29, 1.82) is 0 Å². The van der Waals surface area contributed by atoms with Crippen LogP contribution in [0.3, 0.4) is 0 Å². The fourth-order valence-corrected chi connectivity index (χ4v) is 1.94. The molecule has 2 aromatic carbocycles. The summed E-state index contributed by atoms with van der Waals surface area (Å²) < 4.78 is 5.34. The summed E-state index contributed by atoms with van der Waals surface area (Å²) in [5, 5.41) is 0. The van der Waals surface area contributed by atoms with Crippen LogP contribution in [0.4, 0.5) is 0 Å². The average Bonchev–Trinajstić information content (AvgIpc) is 2.40. The number of Topliss-reactive ketones (excluding diaryl/α,β-unsaturated/α-hetero) is 1. The summed E-state index contributed by atoms with van der Waals surface area (Å²) in [5.41, 5.74) is 2.83. The Kier molecular flexibility index (Phi) is 3.99. The number of carbonyl (C=O) groups is 2. The molecule has 20 heavy (non-hydrogen) atoms. The first-order valence-corrected chi connectivity index (χ1v) is 6.38. The van der Waals surface area contributed by atoms with Crippen LogP contribution in [-0.4, -0.2) is 11.8 Å². The summed E-state index contributed by atoms with van der Waals surface area (Å²) in [7, 11) is 0. The number of ketones is 1. The van der Waals surface area contributed by atoms with E-state index in [1.54, 1.807) is 30.3 Å². The van der Waals surface area contributed by atoms with E-state index in [0.29, 0.717) is 16.9 Å². The van der Waals surface area contributed by atoms with Gasteiger partial charge >= 0.3 is 5.97 Å². The molecule has 0 bridgehead atoms. The molecule has 0 spiro atoms. The topological polar surface area (TPSA) is 43.4 Å². The van der Waals surface area contributed by atoms with Gasteiger partial charge in [-0.05, 0) is 45.0 Å². The molecule has 3 nitrogen and oxygen atoms in total. The zero-order chi connectivity index (χ0) is 14.7. The van der Waals surface area contributed by atoms with E-state index in [-0.39, 0.29) is 5.78 Å². The van der Waals surface area contributed by atoms with Gasteiger partial charge in [-0.1, -0.05) is 29.3 Å². The van der Waals surface area contributed by atoms with E-state index in [2.05, 4.69) is 0 Å². The Bertz CT molecular complexity index is 672. The Balaban J connectivity index is 2.30. The SMILES string of the molecule is CC(=O)c1cc(C)ccc1OC(=O)c1cccc(C)c1. The largest absolute Gasteiger partial charge is 0.422 e. The third-order valence-corrected chi connectivity index (χ3v) is 2.97. The lowest BCUT2D eigenvalue weighted by Crippen LogP contribution is -2.11. The average molecular weight is 268 g/mol. The number of aryl methyl sites for hydroxylation is 2. The zero-order valence-electron chi connectivity index (χ0n) is 11.8. The molecule has 0 saturated heterocycles. The maximum atomic E-state index is 12.1. The standard InChI is InChI=1S/C17H16O3/c1-11-5-4-6-14(9-11)17(19)20-16-8-7-12(2)10-15(16)13(3)18/h4-10H,1-3H3. The lowest BCUT2D eigenvalue weighted by Gasteiger charge is -2.09. The van der Waals surface area contributed by atoms with Gasteiger partial charge in [0.1, 0.15) is 5.75 Å². The summed E-state index contributed by atoms with van der Waals surface area (Å²) in [6, 6.07) is 12.3. The van der Waals surface area contributed by atoms with Gasteiger partial charge in [0.2, 0.25) is 0 Å². The van der Waals surface area contributed by atoms with Crippen molar-refractivity contribution in [3.63, 3.8) is 0 Å². The van der Waals surface area contributed by atoms with Gasteiger partial charge in [-0.25, -0.2) is 4.79 Å². The molecule has 0 fully saturated rings. The molecular weight excluding hydrogens is 252 g/mol. The van der Waals surface area contributed by atoms with Gasteiger partial charge in [-0.3, -0.25) is 4.79 Å². The Morgan fingerprint density at radius 2 is 1.65 bits per heavy atom. The van der Waals surface area contributed by atoms with Crippen molar-refractivity contribution in [2.75, 3.05) is 0 Å². The van der Waals surface area contributed by atoms with Gasteiger partial charge in [0.15, 0.2) is 5.78 Å². The van der Waals surface area contributed by atoms with Crippen molar-refractivity contribution < 1.29 is 14.3 Å². The molecule has 0 unspecified atom stereocenters. The molecule has 0 amide bonds. The van der Waals surface area contributed by atoms with Crippen molar-refractivity contribution in [1.82, 2.24) is 0 Å². The Hall–Kier alpha value is -2.42. The number of ether oxygens (including phenoxy) is 1. The molecule has 0 atom stereocenters. The van der Waals surface area contributed by atoms with Crippen LogP contribution in [0.1, 0.15) is 38.8 Å². The van der Waals surface area contributed by atoms with Gasteiger partial charge in [-0.2, -0.15) is 0 Å². The molecule has 0 aromatic heterocycles. The third kappa shape index (κ3) is 3.12. The normalized spacial score (nSPS) is 10.2. The zero-order valence-corrected chi connectivity index (χ0v) is 11.8. The van der Waals surface area contributed by atoms with Crippen LogP contribution in [0.2, 0.25) is 0 Å². The number of hydrogen-bond donors (Lipinski definition) is 0. The van der Waals surface area contributed by atoms with Crippen LogP contribution in [0.25, 0.3) is 0 Å². The van der Waals surface area contributed by atoms with Gasteiger partial charge in [0, 0.05) is 0 Å². The van der Waals surface area contributed by atoms with Gasteiger partial charge in [-0.15, -0.1) is 0 Å². The number of benzene rings is 2. The Morgan fingerprint density at radius 1 is 0.950 bits per heavy atom. The summed E-state index contributed by atoms with van der Waals surface area (Å²) in [5.74, 6) is -0.282. The van der Waals surface area contributed by atoms with Crippen LogP contribution in [-0.2, 0) is 0 Å². The minimum absolute atomic E-state index is 0.124. The molecule has 0 aliphatic rings. The summed E-state index contributed by atoms with van der Waals surface area (Å²) >= 11 is 0. The smallest absolute Gasteiger partial charge is 0.343 e. The summed E-state index contributed by atoms with van der Waals surface area (Å²) in [4.78, 5) is 23.7. The molecule has 0 heterocycles. The maximum absolute atomic E-state index is 12.1. The fraction of sp³-hybridized carbons (Fsp3) is 0.176. The molecule has 0 aliphatic carbocycles. The van der Waals surface area contributed by atoms with E-state index in [0.717, 1.165) is 11.1 Å². The van der Waals surface area contributed by atoms with Gasteiger partial charge < -0.3 is 4.74 Å². The van der Waals surface area contributed by atoms with Crippen molar-refractivity contribution in [3.8, 4) is 5.75 Å². The first kappa shape index (κ1) is 14.0. The van der Waals surface area contributed by atoms with Crippen LogP contribution < -0.4 is 4.74 Å². The Morgan fingerprint density at radius 3 is 2.30 bits per heavy atom. The lowest BCUT2D eigenvalue weighted by atomic mass is 10.1. The van der Waals surface area contributed by atoms with E-state index >= 15 is 0 Å². The van der Waals surface area contributed by atoms with Crippen LogP contribution in [0.15, 0.2) is 42.5 Å². The predicted molar refractivity (Wildman–Crippen MR) is 77.3 cm³/mol. The van der Waals surface area contributed by atoms with Crippen molar-refractivity contribution in [2.24, 2.45) is 0 Å². The quantitative estimate of drug-likeness (QED) is 0.484. The van der Waals surface area contributed by atoms with E-state index < -0.39 is 5.97 Å². The predicted octanol–water partition coefficient (Wildman–Crippen LogP) is 3.73. The highest BCUT2D eigenvalue weighted by Gasteiger charge is 2.14. The number of carbonyl (C=O) groups excluding carboxylic acids is 2. The lowest BCUT2D eigenvalue weighted by molar-refractivity contribution is 0.0732. The highest BCUT2D eigenvalue weighted by atomic mass is 16.5. The highest BCUT2D eigenvalue weighted by molar-refractivity contribution is 5.99. The second-order valence-corrected chi connectivity index (χ2v) is 4.81. The summed E-state index contributed by atoms with van der Waals surface area (Å²) in [6.45, 7) is 5.25. The van der Waals surface area contributed by atoms with E-state index in [4.69, 9.17) is 4.74 Å². The van der Waals surface area contributed by atoms with E-state index in [1.165, 1.54) is 6.92 Å². The minimum atomic E-state index is -0.458. The first-order chi connectivity index (χ1) is 9.47. The minimum Gasteiger partial charge on any atom is -0.422 e. The van der Waals surface area contributed by atoms with Crippen LogP contribution in [0, 0.1) is 13.8 Å². The molecular formula is C17H16O3. The number of rotatable bonds is 3. The van der Waals surface area contributed by atoms with Crippen LogP contribution >= 0.6 is 0 Å². The Labute approximate surface area is 118 Å². The molecule has 3 heteroatoms. The fourth-order valence-electron chi connectivity index (χ4n) is 1.94. The van der Waals surface area contributed by atoms with Crippen LogP contribution in [0.5, 0.6) is 5.75 Å². The van der Waals surface area contributed by atoms with E-state index in [1.807, 2.05) is 26.0 Å². The number of esters is 1. The molecule has 0 N–H and O–H groups in total. The molecule has 2 aromatic rings. The first-order valence-electron chi connectivity index (χ1n) is 6.38.